The van der Waals surface area contributed by atoms with Gasteiger partial charge in [-0.15, -0.1) is 0 Å². The van der Waals surface area contributed by atoms with E-state index in [2.05, 4.69) is 26.2 Å². The van der Waals surface area contributed by atoms with E-state index in [9.17, 15) is 36.4 Å². The molecule has 0 spiro atoms. The predicted octanol–water partition coefficient (Wildman–Crippen LogP) is 1.47. The number of halogens is 2. The minimum atomic E-state index is -3.53. The Bertz CT molecular complexity index is 1360. The molecule has 51 heavy (non-hydrogen) atoms. The molecule has 294 valence electrons. The maximum absolute atomic E-state index is 14.3. The largest absolute Gasteiger partial charge is 0.379 e. The Morgan fingerprint density at radius 1 is 0.980 bits per heavy atom. The van der Waals surface area contributed by atoms with Crippen LogP contribution in [-0.2, 0) is 29.1 Å². The third-order valence-electron chi connectivity index (χ3n) is 10.6. The van der Waals surface area contributed by atoms with Crippen molar-refractivity contribution < 1.29 is 41.1 Å². The maximum Gasteiger partial charge on any atom is 0.315 e. The predicted molar refractivity (Wildman–Crippen MR) is 189 cm³/mol. The zero-order valence-corrected chi connectivity index (χ0v) is 32.8. The van der Waals surface area contributed by atoms with Crippen LogP contribution in [0.25, 0.3) is 0 Å². The molecule has 4 N–H and O–H groups in total. The molecule has 17 heteroatoms. The van der Waals surface area contributed by atoms with Crippen LogP contribution in [0.1, 0.15) is 68.2 Å². The molecule has 0 radical (unpaired) electrons. The van der Waals surface area contributed by atoms with E-state index in [1.54, 1.807) is 20.8 Å². The van der Waals surface area contributed by atoms with Gasteiger partial charge in [0.05, 0.1) is 19.5 Å². The summed E-state index contributed by atoms with van der Waals surface area (Å²) in [7, 11) is -2.11. The van der Waals surface area contributed by atoms with E-state index in [1.807, 2.05) is 34.6 Å². The molecule has 3 fully saturated rings. The van der Waals surface area contributed by atoms with Crippen molar-refractivity contribution in [3.05, 3.63) is 0 Å². The highest BCUT2D eigenvalue weighted by molar-refractivity contribution is 7.88. The Kier molecular flexibility index (Phi) is 13.9. The summed E-state index contributed by atoms with van der Waals surface area (Å²) in [5.74, 6) is -2.22. The fraction of sp³-hybridized carbons (Fsp3) is 0.882. The fourth-order valence-electron chi connectivity index (χ4n) is 7.02. The van der Waals surface area contributed by atoms with Gasteiger partial charge in [-0.05, 0) is 41.0 Å². The minimum absolute atomic E-state index is 0.00205. The van der Waals surface area contributed by atoms with Gasteiger partial charge >= 0.3 is 6.03 Å². The number of fused-ring (bicyclic) bond motifs is 1. The van der Waals surface area contributed by atoms with Gasteiger partial charge in [-0.3, -0.25) is 19.3 Å². The Balaban J connectivity index is 1.75. The van der Waals surface area contributed by atoms with Crippen molar-refractivity contribution >= 4 is 33.8 Å². The number of nitrogens with one attached hydrogen (secondary N) is 4. The second-order valence-electron chi connectivity index (χ2n) is 17.1. The number of hydrogen-bond donors (Lipinski definition) is 4. The molecule has 3 rings (SSSR count). The van der Waals surface area contributed by atoms with Crippen molar-refractivity contribution in [1.29, 1.82) is 0 Å². The van der Waals surface area contributed by atoms with Crippen LogP contribution in [0.5, 0.6) is 0 Å². The van der Waals surface area contributed by atoms with Gasteiger partial charge in [0.1, 0.15) is 18.1 Å². The smallest absolute Gasteiger partial charge is 0.315 e. The molecule has 0 aromatic rings. The van der Waals surface area contributed by atoms with Gasteiger partial charge in [0, 0.05) is 52.2 Å². The van der Waals surface area contributed by atoms with Gasteiger partial charge in [-0.25, -0.2) is 26.3 Å². The molecule has 5 amide bonds. The van der Waals surface area contributed by atoms with Crippen LogP contribution < -0.4 is 21.3 Å². The number of amides is 5. The average Bonchev–Trinajstić information content (AvgIpc) is 3.31. The molecule has 0 aromatic heterocycles. The zero-order valence-electron chi connectivity index (χ0n) is 32.0. The third kappa shape index (κ3) is 11.4. The molecule has 2 heterocycles. The summed E-state index contributed by atoms with van der Waals surface area (Å²) in [5.41, 5.74) is -1.67. The third-order valence-corrected chi connectivity index (χ3v) is 11.9. The molecule has 2 aliphatic heterocycles. The van der Waals surface area contributed by atoms with E-state index >= 15 is 0 Å². The first-order chi connectivity index (χ1) is 23.4. The molecule has 0 bridgehead atoms. The Hall–Kier alpha value is -2.63. The van der Waals surface area contributed by atoms with E-state index in [1.165, 1.54) is 11.9 Å². The topological polar surface area (TPSA) is 169 Å². The number of nitrogens with zero attached hydrogens (tertiary/aromatic N) is 3. The second-order valence-corrected chi connectivity index (χ2v) is 19.1. The SMILES string of the molecule is CN(C[C@@H](NC(=O)N[C@H](C(=O)N1C[C@H]2[C@@H]([C@H]1C(=O)N[C@@H](CC(F)F)C(=O)NCCCN1CCOCC1)C2(C)C)C(C)(C)C)C(C)(C)C)S(C)(=O)=O. The average molecular weight is 750 g/mol. The van der Waals surface area contributed by atoms with E-state index in [4.69, 9.17) is 4.74 Å². The highest BCUT2D eigenvalue weighted by atomic mass is 32.2. The first kappa shape index (κ1) is 42.8. The molecule has 2 saturated heterocycles. The molecule has 6 atom stereocenters. The summed E-state index contributed by atoms with van der Waals surface area (Å²) in [4.78, 5) is 58.4. The van der Waals surface area contributed by atoms with E-state index in [-0.39, 0.29) is 36.9 Å². The Labute approximate surface area is 302 Å². The summed E-state index contributed by atoms with van der Waals surface area (Å²) in [5, 5.41) is 10.9. The minimum Gasteiger partial charge on any atom is -0.379 e. The van der Waals surface area contributed by atoms with Gasteiger partial charge in [0.25, 0.3) is 0 Å². The lowest BCUT2D eigenvalue weighted by Crippen LogP contribution is -2.62. The monoisotopic (exact) mass is 749 g/mol. The summed E-state index contributed by atoms with van der Waals surface area (Å²) in [6.45, 7) is 18.9. The van der Waals surface area contributed by atoms with Crippen LogP contribution in [0.2, 0.25) is 0 Å². The summed E-state index contributed by atoms with van der Waals surface area (Å²) in [6.07, 6.45) is -2.06. The van der Waals surface area contributed by atoms with Crippen LogP contribution in [0.3, 0.4) is 0 Å². The van der Waals surface area contributed by atoms with Crippen molar-refractivity contribution in [2.45, 2.75) is 98.8 Å². The second kappa shape index (κ2) is 16.6. The van der Waals surface area contributed by atoms with E-state index in [0.29, 0.717) is 26.2 Å². The Morgan fingerprint density at radius 2 is 1.59 bits per heavy atom. The summed E-state index contributed by atoms with van der Waals surface area (Å²) < 4.78 is 58.0. The number of morpholine rings is 1. The number of likely N-dealkylation sites (tertiary alicyclic amines) is 1. The van der Waals surface area contributed by atoms with E-state index < -0.39 is 81.6 Å². The summed E-state index contributed by atoms with van der Waals surface area (Å²) >= 11 is 0. The number of alkyl halides is 2. The number of hydrogen-bond acceptors (Lipinski definition) is 8. The number of carbonyl (C=O) groups is 4. The molecule has 1 saturated carbocycles. The van der Waals surface area contributed by atoms with Crippen LogP contribution >= 0.6 is 0 Å². The molecular formula is C34H61F2N7O7S. The molecule has 1 aliphatic carbocycles. The molecular weight excluding hydrogens is 688 g/mol. The van der Waals surface area contributed by atoms with Crippen molar-refractivity contribution in [2.24, 2.45) is 28.1 Å². The fourth-order valence-corrected chi connectivity index (χ4v) is 7.44. The quantitative estimate of drug-likeness (QED) is 0.183. The van der Waals surface area contributed by atoms with Crippen LogP contribution in [-0.4, -0.2) is 143 Å². The number of carbonyl (C=O) groups excluding carboxylic acids is 4. The number of rotatable bonds is 15. The van der Waals surface area contributed by atoms with E-state index in [0.717, 1.165) is 23.7 Å². The number of sulfonamides is 1. The highest BCUT2D eigenvalue weighted by Crippen LogP contribution is 2.65. The van der Waals surface area contributed by atoms with Crippen LogP contribution in [0, 0.1) is 28.1 Å². The van der Waals surface area contributed by atoms with Crippen molar-refractivity contribution in [2.75, 3.05) is 65.8 Å². The number of ether oxygens (including phenoxy) is 1. The zero-order chi connectivity index (χ0) is 38.7. The summed E-state index contributed by atoms with van der Waals surface area (Å²) in [6, 6.07) is -4.94. The first-order valence-electron chi connectivity index (χ1n) is 17.8. The van der Waals surface area contributed by atoms with Gasteiger partial charge < -0.3 is 30.9 Å². The van der Waals surface area contributed by atoms with Gasteiger partial charge in [-0.1, -0.05) is 55.4 Å². The van der Waals surface area contributed by atoms with Gasteiger partial charge in [0.15, 0.2) is 0 Å². The first-order valence-corrected chi connectivity index (χ1v) is 19.7. The van der Waals surface area contributed by atoms with Crippen molar-refractivity contribution in [1.82, 2.24) is 35.4 Å². The van der Waals surface area contributed by atoms with Crippen LogP contribution in [0.4, 0.5) is 13.6 Å². The maximum atomic E-state index is 14.3. The normalized spacial score (nSPS) is 24.0. The lowest BCUT2D eigenvalue weighted by Gasteiger charge is -2.39. The number of urea groups is 1. The molecule has 0 aromatic carbocycles. The molecule has 14 nitrogen and oxygen atoms in total. The van der Waals surface area contributed by atoms with Crippen molar-refractivity contribution in [3.63, 3.8) is 0 Å². The Morgan fingerprint density at radius 3 is 2.12 bits per heavy atom. The number of likely N-dealkylation sites (N-methyl/N-ethyl adjacent to an activating group) is 1. The number of piperidine rings is 1. The lowest BCUT2D eigenvalue weighted by atomic mass is 9.85. The highest BCUT2D eigenvalue weighted by Gasteiger charge is 2.70. The molecule has 0 unspecified atom stereocenters. The van der Waals surface area contributed by atoms with Gasteiger partial charge in [0.2, 0.25) is 34.2 Å². The molecule has 3 aliphatic rings. The van der Waals surface area contributed by atoms with Crippen molar-refractivity contribution in [3.8, 4) is 0 Å². The van der Waals surface area contributed by atoms with Crippen LogP contribution in [0.15, 0.2) is 0 Å². The standard InChI is InChI=1S/C34H61F2N7O7S/c1-32(2,3)23(20-41(9)51(10,48)49)39-31(47)40-27(33(4,5)6)30(46)43-19-21-25(34(21,7)8)26(43)29(45)38-22(18-24(35)36)28(44)37-12-11-13-42-14-16-50-17-15-42/h21-27H,11-20H2,1-10H3,(H,37,44)(H,38,45)(H2,39,40,47)/t21-,22-,23+,25-,26-,27+/m0/s1. The lowest BCUT2D eigenvalue weighted by molar-refractivity contribution is -0.144. The van der Waals surface area contributed by atoms with Gasteiger partial charge in [-0.2, -0.15) is 0 Å².